The van der Waals surface area contributed by atoms with Crippen LogP contribution in [0.25, 0.3) is 0 Å². The number of nitrogens with one attached hydrogen (secondary N) is 1. The van der Waals surface area contributed by atoms with E-state index in [4.69, 9.17) is 20.6 Å². The van der Waals surface area contributed by atoms with E-state index >= 15 is 0 Å². The number of benzene rings is 1. The Labute approximate surface area is 120 Å². The average Bonchev–Trinajstić information content (AvgIpc) is 2.46. The van der Waals surface area contributed by atoms with Gasteiger partial charge in [-0.1, -0.05) is 6.92 Å². The largest absolute Gasteiger partial charge is 0.491 e. The van der Waals surface area contributed by atoms with Gasteiger partial charge in [-0.2, -0.15) is 0 Å². The molecule has 110 valence electrons. The molecule has 2 rings (SSSR count). The number of hydrogen-bond donors (Lipinski definition) is 2. The molecule has 0 atom stereocenters. The molecule has 0 aromatic heterocycles. The molecule has 1 fully saturated rings. The lowest BCUT2D eigenvalue weighted by molar-refractivity contribution is 0.00570. The summed E-state index contributed by atoms with van der Waals surface area (Å²) in [4.78, 5) is 0. The van der Waals surface area contributed by atoms with Gasteiger partial charge in [-0.25, -0.2) is 0 Å². The van der Waals surface area contributed by atoms with Crippen molar-refractivity contribution < 1.29 is 9.47 Å². The minimum Gasteiger partial charge on any atom is -0.491 e. The number of nitrogen functional groups attached to an aromatic ring is 1. The quantitative estimate of drug-likeness (QED) is 0.477. The predicted octanol–water partition coefficient (Wildman–Crippen LogP) is 2.94. The Morgan fingerprint density at radius 1 is 1.15 bits per heavy atom. The molecule has 0 aliphatic heterocycles. The molecular weight excluding hydrogens is 252 g/mol. The molecule has 20 heavy (non-hydrogen) atoms. The van der Waals surface area contributed by atoms with Crippen molar-refractivity contribution in [2.24, 2.45) is 11.7 Å². The van der Waals surface area contributed by atoms with Crippen molar-refractivity contribution >= 4 is 5.84 Å². The van der Waals surface area contributed by atoms with Crippen molar-refractivity contribution in [1.82, 2.24) is 0 Å². The second-order valence-electron chi connectivity index (χ2n) is 5.54. The highest BCUT2D eigenvalue weighted by atomic mass is 16.5. The van der Waals surface area contributed by atoms with E-state index < -0.39 is 0 Å². The smallest absolute Gasteiger partial charge is 0.122 e. The summed E-state index contributed by atoms with van der Waals surface area (Å²) in [6, 6.07) is 7.25. The van der Waals surface area contributed by atoms with E-state index in [9.17, 15) is 0 Å². The summed E-state index contributed by atoms with van der Waals surface area (Å²) in [6.45, 7) is 3.50. The van der Waals surface area contributed by atoms with Gasteiger partial charge in [0, 0.05) is 5.56 Å². The van der Waals surface area contributed by atoms with Gasteiger partial charge >= 0.3 is 0 Å². The lowest BCUT2D eigenvalue weighted by atomic mass is 9.89. The Bertz CT molecular complexity index is 423. The Balaban J connectivity index is 1.64. The Kier molecular flexibility index (Phi) is 5.41. The molecule has 4 heteroatoms. The van der Waals surface area contributed by atoms with Crippen LogP contribution in [-0.4, -0.2) is 25.2 Å². The molecule has 3 N–H and O–H groups in total. The average molecular weight is 276 g/mol. The van der Waals surface area contributed by atoms with E-state index in [0.717, 1.165) is 11.7 Å². The number of amidine groups is 1. The second-order valence-corrected chi connectivity index (χ2v) is 5.54. The lowest BCUT2D eigenvalue weighted by Gasteiger charge is -2.26. The highest BCUT2D eigenvalue weighted by Crippen LogP contribution is 2.25. The minimum atomic E-state index is 0.0754. The van der Waals surface area contributed by atoms with Gasteiger partial charge in [0.15, 0.2) is 0 Å². The summed E-state index contributed by atoms with van der Waals surface area (Å²) >= 11 is 0. The molecule has 0 unspecified atom stereocenters. The van der Waals surface area contributed by atoms with E-state index in [1.807, 2.05) is 12.1 Å². The molecule has 0 heterocycles. The Hall–Kier alpha value is -1.55. The van der Waals surface area contributed by atoms with Crippen molar-refractivity contribution in [1.29, 1.82) is 5.41 Å². The van der Waals surface area contributed by atoms with Crippen molar-refractivity contribution in [3.05, 3.63) is 29.8 Å². The van der Waals surface area contributed by atoms with Crippen LogP contribution in [-0.2, 0) is 4.74 Å². The highest BCUT2D eigenvalue weighted by Gasteiger charge is 2.18. The molecular formula is C16H24N2O2. The van der Waals surface area contributed by atoms with Gasteiger partial charge in [0.05, 0.1) is 12.7 Å². The Morgan fingerprint density at radius 3 is 2.40 bits per heavy atom. The van der Waals surface area contributed by atoms with Crippen molar-refractivity contribution in [2.75, 3.05) is 13.2 Å². The maximum Gasteiger partial charge on any atom is 0.122 e. The van der Waals surface area contributed by atoms with Gasteiger partial charge < -0.3 is 15.2 Å². The third-order valence-corrected chi connectivity index (χ3v) is 3.83. The normalized spacial score (nSPS) is 22.4. The molecule has 1 aromatic carbocycles. The highest BCUT2D eigenvalue weighted by molar-refractivity contribution is 5.94. The standard InChI is InChI=1S/C16H24N2O2/c1-12-2-6-14(7-3-12)19-10-11-20-15-8-4-13(5-9-15)16(17)18/h4-5,8-9,12,14H,2-3,6-7,10-11H2,1H3,(H3,17,18). The van der Waals surface area contributed by atoms with Crippen molar-refractivity contribution in [3.8, 4) is 5.75 Å². The monoisotopic (exact) mass is 276 g/mol. The zero-order chi connectivity index (χ0) is 14.4. The summed E-state index contributed by atoms with van der Waals surface area (Å²) in [6.07, 6.45) is 5.31. The fraction of sp³-hybridized carbons (Fsp3) is 0.562. The summed E-state index contributed by atoms with van der Waals surface area (Å²) in [5.41, 5.74) is 6.11. The molecule has 4 nitrogen and oxygen atoms in total. The van der Waals surface area contributed by atoms with E-state index in [1.165, 1.54) is 25.7 Å². The molecule has 1 saturated carbocycles. The van der Waals surface area contributed by atoms with Gasteiger partial charge in [0.25, 0.3) is 0 Å². The van der Waals surface area contributed by atoms with Crippen LogP contribution in [0.1, 0.15) is 38.2 Å². The van der Waals surface area contributed by atoms with Crippen molar-refractivity contribution in [3.63, 3.8) is 0 Å². The maximum atomic E-state index is 7.32. The Morgan fingerprint density at radius 2 is 1.80 bits per heavy atom. The first kappa shape index (κ1) is 14.9. The third-order valence-electron chi connectivity index (χ3n) is 3.83. The summed E-state index contributed by atoms with van der Waals surface area (Å²) in [5.74, 6) is 1.72. The maximum absolute atomic E-state index is 7.32. The SMILES string of the molecule is CC1CCC(OCCOc2ccc(C(=N)N)cc2)CC1. The topological polar surface area (TPSA) is 68.3 Å². The summed E-state index contributed by atoms with van der Waals surface area (Å²) < 4.78 is 11.5. The fourth-order valence-electron chi connectivity index (χ4n) is 2.50. The lowest BCUT2D eigenvalue weighted by Crippen LogP contribution is -2.22. The first-order chi connectivity index (χ1) is 9.65. The first-order valence-corrected chi connectivity index (χ1v) is 7.34. The summed E-state index contributed by atoms with van der Waals surface area (Å²) in [7, 11) is 0. The molecule has 0 spiro atoms. The fourth-order valence-corrected chi connectivity index (χ4v) is 2.50. The zero-order valence-electron chi connectivity index (χ0n) is 12.1. The molecule has 1 aliphatic rings. The minimum absolute atomic E-state index is 0.0754. The predicted molar refractivity (Wildman–Crippen MR) is 80.3 cm³/mol. The number of nitrogens with two attached hydrogens (primary N) is 1. The van der Waals surface area contributed by atoms with Crippen LogP contribution in [0.4, 0.5) is 0 Å². The molecule has 0 radical (unpaired) electrons. The van der Waals surface area contributed by atoms with Crippen LogP contribution in [0.5, 0.6) is 5.75 Å². The molecule has 1 aliphatic carbocycles. The first-order valence-electron chi connectivity index (χ1n) is 7.34. The second kappa shape index (κ2) is 7.29. The van der Waals surface area contributed by atoms with Crippen molar-refractivity contribution in [2.45, 2.75) is 38.7 Å². The van der Waals surface area contributed by atoms with Crippen LogP contribution in [0.3, 0.4) is 0 Å². The van der Waals surface area contributed by atoms with Gasteiger partial charge in [0.2, 0.25) is 0 Å². The molecule has 0 amide bonds. The molecule has 1 aromatic rings. The van der Waals surface area contributed by atoms with Crippen LogP contribution >= 0.6 is 0 Å². The van der Waals surface area contributed by atoms with E-state index in [1.54, 1.807) is 12.1 Å². The van der Waals surface area contributed by atoms with Crippen LogP contribution in [0.2, 0.25) is 0 Å². The van der Waals surface area contributed by atoms with Gasteiger partial charge in [-0.05, 0) is 55.9 Å². The molecule has 0 saturated heterocycles. The summed E-state index contributed by atoms with van der Waals surface area (Å²) in [5, 5.41) is 7.32. The van der Waals surface area contributed by atoms with Crippen LogP contribution < -0.4 is 10.5 Å². The van der Waals surface area contributed by atoms with E-state index in [-0.39, 0.29) is 5.84 Å². The van der Waals surface area contributed by atoms with Gasteiger partial charge in [-0.3, -0.25) is 5.41 Å². The third kappa shape index (κ3) is 4.53. The zero-order valence-corrected chi connectivity index (χ0v) is 12.1. The van der Waals surface area contributed by atoms with Crippen LogP contribution in [0, 0.1) is 11.3 Å². The van der Waals surface area contributed by atoms with E-state index in [2.05, 4.69) is 6.92 Å². The van der Waals surface area contributed by atoms with Gasteiger partial charge in [-0.15, -0.1) is 0 Å². The van der Waals surface area contributed by atoms with E-state index in [0.29, 0.717) is 24.9 Å². The molecule has 0 bridgehead atoms. The number of hydrogen-bond acceptors (Lipinski definition) is 3. The number of rotatable bonds is 6. The number of ether oxygens (including phenoxy) is 2. The van der Waals surface area contributed by atoms with Crippen LogP contribution in [0.15, 0.2) is 24.3 Å². The van der Waals surface area contributed by atoms with Gasteiger partial charge in [0.1, 0.15) is 18.2 Å².